The number of carbonyl (C=O) groups excluding carboxylic acids is 1. The Morgan fingerprint density at radius 3 is 2.26 bits per heavy atom. The molecule has 0 aromatic rings. The maximum absolute atomic E-state index is 13.4. The van der Waals surface area contributed by atoms with Crippen LogP contribution in [0.4, 0.5) is 13.2 Å². The van der Waals surface area contributed by atoms with Crippen LogP contribution in [0.1, 0.15) is 33.6 Å². The second-order valence-corrected chi connectivity index (χ2v) is 8.40. The van der Waals surface area contributed by atoms with Gasteiger partial charge in [0.05, 0.1) is 6.61 Å². The average molecular weight is 360 g/mol. The van der Waals surface area contributed by atoms with Crippen molar-refractivity contribution in [2.75, 3.05) is 13.2 Å². The van der Waals surface area contributed by atoms with E-state index in [9.17, 15) is 26.4 Å². The predicted molar refractivity (Wildman–Crippen MR) is 72.2 cm³/mol. The van der Waals surface area contributed by atoms with E-state index in [0.717, 1.165) is 0 Å². The third-order valence-corrected chi connectivity index (χ3v) is 6.53. The summed E-state index contributed by atoms with van der Waals surface area (Å²) in [6.45, 7) is 4.29. The molecular formula is C13H19F3O6S. The Labute approximate surface area is 132 Å². The summed E-state index contributed by atoms with van der Waals surface area (Å²) < 4.78 is 79.0. The zero-order valence-electron chi connectivity index (χ0n) is 12.9. The molecule has 2 fully saturated rings. The van der Waals surface area contributed by atoms with Gasteiger partial charge in [-0.1, -0.05) is 20.8 Å². The summed E-state index contributed by atoms with van der Waals surface area (Å²) >= 11 is 0. The lowest BCUT2D eigenvalue weighted by molar-refractivity contribution is -0.179. The Balaban J connectivity index is 2.10. The molecule has 1 aliphatic heterocycles. The van der Waals surface area contributed by atoms with Gasteiger partial charge in [-0.3, -0.25) is 4.55 Å². The molecule has 134 valence electrons. The summed E-state index contributed by atoms with van der Waals surface area (Å²) in [4.78, 5) is 12.3. The molecule has 2 aliphatic rings. The van der Waals surface area contributed by atoms with Crippen LogP contribution in [-0.2, 0) is 24.4 Å². The molecule has 0 aromatic heterocycles. The van der Waals surface area contributed by atoms with Crippen LogP contribution < -0.4 is 0 Å². The van der Waals surface area contributed by atoms with Crippen LogP contribution in [0.3, 0.4) is 0 Å². The number of hydrogen-bond donors (Lipinski definition) is 1. The van der Waals surface area contributed by atoms with Gasteiger partial charge in [-0.05, 0) is 18.3 Å². The molecule has 23 heavy (non-hydrogen) atoms. The summed E-state index contributed by atoms with van der Waals surface area (Å²) in [5.74, 6) is -1.00. The molecule has 3 unspecified atom stereocenters. The van der Waals surface area contributed by atoms with Crippen LogP contribution in [0, 0.1) is 10.8 Å². The fraction of sp³-hybridized carbons (Fsp3) is 0.923. The van der Waals surface area contributed by atoms with E-state index in [-0.39, 0.29) is 12.0 Å². The Hall–Kier alpha value is -0.870. The van der Waals surface area contributed by atoms with Crippen molar-refractivity contribution in [1.29, 1.82) is 0 Å². The van der Waals surface area contributed by atoms with Crippen LogP contribution >= 0.6 is 0 Å². The number of fused-ring (bicyclic) bond motifs is 2. The minimum absolute atomic E-state index is 0.287. The number of alkyl halides is 3. The largest absolute Gasteiger partial charge is 0.460 e. The first-order chi connectivity index (χ1) is 10.2. The minimum Gasteiger partial charge on any atom is -0.460 e. The number of carbonyl (C=O) groups is 1. The molecule has 2 rings (SSSR count). The summed E-state index contributed by atoms with van der Waals surface area (Å²) in [6, 6.07) is 0. The fourth-order valence-electron chi connectivity index (χ4n) is 3.29. The second kappa shape index (κ2) is 5.06. The third-order valence-electron chi connectivity index (χ3n) is 5.58. The van der Waals surface area contributed by atoms with Gasteiger partial charge in [0.1, 0.15) is 6.61 Å². The summed E-state index contributed by atoms with van der Waals surface area (Å²) in [5, 5.41) is -5.05. The standard InChI is InChI=1S/C13H19F3O6S/c1-10(2)11(3)4-5-12(10,22-7-11)9(17)21-6-8(14)13(15,16)23(18,19)20/h8H,4-7H2,1-3H3,(H,18,19,20). The first-order valence-electron chi connectivity index (χ1n) is 7.01. The van der Waals surface area contributed by atoms with Crippen LogP contribution in [0.5, 0.6) is 0 Å². The first-order valence-corrected chi connectivity index (χ1v) is 8.45. The van der Waals surface area contributed by atoms with Gasteiger partial charge < -0.3 is 9.47 Å². The number of halogens is 3. The van der Waals surface area contributed by atoms with Crippen molar-refractivity contribution < 1.29 is 40.4 Å². The molecule has 3 atom stereocenters. The average Bonchev–Trinajstić information content (AvgIpc) is 2.74. The van der Waals surface area contributed by atoms with Crippen molar-refractivity contribution in [3.63, 3.8) is 0 Å². The van der Waals surface area contributed by atoms with E-state index in [1.54, 1.807) is 13.8 Å². The van der Waals surface area contributed by atoms with E-state index in [1.165, 1.54) is 0 Å². The third kappa shape index (κ3) is 2.37. The smallest absolute Gasteiger partial charge is 0.403 e. The van der Waals surface area contributed by atoms with Crippen molar-refractivity contribution in [1.82, 2.24) is 0 Å². The molecule has 1 aliphatic carbocycles. The van der Waals surface area contributed by atoms with Crippen LogP contribution in [-0.4, -0.2) is 49.2 Å². The molecule has 10 heteroatoms. The van der Waals surface area contributed by atoms with Crippen molar-refractivity contribution >= 4 is 16.1 Å². The monoisotopic (exact) mass is 360 g/mol. The van der Waals surface area contributed by atoms with E-state index in [4.69, 9.17) is 9.29 Å². The van der Waals surface area contributed by atoms with E-state index < -0.39 is 45.1 Å². The van der Waals surface area contributed by atoms with Crippen LogP contribution in [0.25, 0.3) is 0 Å². The highest BCUT2D eigenvalue weighted by molar-refractivity contribution is 7.86. The molecule has 1 saturated heterocycles. The lowest BCUT2D eigenvalue weighted by atomic mass is 9.67. The van der Waals surface area contributed by atoms with Gasteiger partial charge in [-0.25, -0.2) is 9.18 Å². The Morgan fingerprint density at radius 2 is 1.91 bits per heavy atom. The predicted octanol–water partition coefficient (Wildman–Crippen LogP) is 1.94. The first kappa shape index (κ1) is 18.5. The van der Waals surface area contributed by atoms with Crippen molar-refractivity contribution in [3.05, 3.63) is 0 Å². The molecule has 1 N–H and O–H groups in total. The van der Waals surface area contributed by atoms with Gasteiger partial charge in [0, 0.05) is 5.41 Å². The molecule has 1 saturated carbocycles. The van der Waals surface area contributed by atoms with Crippen LogP contribution in [0.2, 0.25) is 0 Å². The van der Waals surface area contributed by atoms with E-state index in [2.05, 4.69) is 4.74 Å². The van der Waals surface area contributed by atoms with Gasteiger partial charge in [-0.15, -0.1) is 0 Å². The highest BCUT2D eigenvalue weighted by Crippen LogP contribution is 2.65. The molecule has 0 spiro atoms. The molecular weight excluding hydrogens is 341 g/mol. The zero-order chi connectivity index (χ0) is 17.9. The molecule has 1 heterocycles. The van der Waals surface area contributed by atoms with E-state index >= 15 is 0 Å². The number of hydrogen-bond acceptors (Lipinski definition) is 5. The minimum atomic E-state index is -5.94. The van der Waals surface area contributed by atoms with Crippen LogP contribution in [0.15, 0.2) is 0 Å². The highest BCUT2D eigenvalue weighted by atomic mass is 32.2. The Bertz CT molecular complexity index is 607. The number of rotatable bonds is 5. The SMILES string of the molecule is CC12CCC(C(=O)OCC(F)C(F)(F)S(=O)(=O)O)(OC1)C2(C)C. The van der Waals surface area contributed by atoms with Gasteiger partial charge in [0.2, 0.25) is 6.17 Å². The summed E-state index contributed by atoms with van der Waals surface area (Å²) in [7, 11) is -5.94. The fourth-order valence-corrected chi connectivity index (χ4v) is 3.68. The maximum Gasteiger partial charge on any atom is 0.403 e. The van der Waals surface area contributed by atoms with Gasteiger partial charge in [0.15, 0.2) is 5.60 Å². The summed E-state index contributed by atoms with van der Waals surface area (Å²) in [6.07, 6.45) is -2.41. The number of ether oxygens (including phenoxy) is 2. The molecule has 0 aromatic carbocycles. The Morgan fingerprint density at radius 1 is 1.35 bits per heavy atom. The maximum atomic E-state index is 13.4. The van der Waals surface area contributed by atoms with Crippen molar-refractivity contribution in [2.45, 2.75) is 50.6 Å². The van der Waals surface area contributed by atoms with Crippen molar-refractivity contribution in [2.24, 2.45) is 10.8 Å². The topological polar surface area (TPSA) is 89.9 Å². The van der Waals surface area contributed by atoms with E-state index in [0.29, 0.717) is 12.8 Å². The van der Waals surface area contributed by atoms with Gasteiger partial charge in [-0.2, -0.15) is 17.2 Å². The molecule has 6 nitrogen and oxygen atoms in total. The number of esters is 1. The second-order valence-electron chi connectivity index (χ2n) is 6.90. The molecule has 0 amide bonds. The Kier molecular flexibility index (Phi) is 4.06. The van der Waals surface area contributed by atoms with E-state index in [1.807, 2.05) is 6.92 Å². The zero-order valence-corrected chi connectivity index (χ0v) is 13.8. The molecule has 0 radical (unpaired) electrons. The normalized spacial score (nSPS) is 34.4. The molecule has 2 bridgehead atoms. The van der Waals surface area contributed by atoms with Gasteiger partial charge in [0.25, 0.3) is 0 Å². The van der Waals surface area contributed by atoms with Gasteiger partial charge >= 0.3 is 21.3 Å². The lowest BCUT2D eigenvalue weighted by Gasteiger charge is -2.36. The summed E-state index contributed by atoms with van der Waals surface area (Å²) in [5.41, 5.74) is -2.30. The quantitative estimate of drug-likeness (QED) is 0.595. The highest BCUT2D eigenvalue weighted by Gasteiger charge is 2.71. The van der Waals surface area contributed by atoms with Crippen molar-refractivity contribution in [3.8, 4) is 0 Å². The lowest BCUT2D eigenvalue weighted by Crippen LogP contribution is -2.50.